The highest BCUT2D eigenvalue weighted by Gasteiger charge is 2.18. The van der Waals surface area contributed by atoms with E-state index in [1.165, 1.54) is 0 Å². The second kappa shape index (κ2) is 5.02. The van der Waals surface area contributed by atoms with Gasteiger partial charge in [-0.1, -0.05) is 36.4 Å². The Balaban J connectivity index is 2.36. The lowest BCUT2D eigenvalue weighted by molar-refractivity contribution is 0.0853. The Labute approximate surface area is 106 Å². The molecule has 0 aromatic heterocycles. The molecule has 3 heteroatoms. The third kappa shape index (κ3) is 2.26. The predicted molar refractivity (Wildman–Crippen MR) is 71.0 cm³/mol. The molecule has 2 rings (SSSR count). The molecule has 0 spiro atoms. The summed E-state index contributed by atoms with van der Waals surface area (Å²) in [5.74, 6) is -0.414. The van der Waals surface area contributed by atoms with Gasteiger partial charge in [-0.15, -0.1) is 0 Å². The van der Waals surface area contributed by atoms with Gasteiger partial charge in [0, 0.05) is 5.56 Å². The first-order chi connectivity index (χ1) is 8.61. The van der Waals surface area contributed by atoms with Crippen molar-refractivity contribution >= 4 is 11.6 Å². The van der Waals surface area contributed by atoms with Gasteiger partial charge in [0.2, 0.25) is 0 Å². The van der Waals surface area contributed by atoms with Crippen LogP contribution >= 0.6 is 0 Å². The van der Waals surface area contributed by atoms with Gasteiger partial charge in [0.25, 0.3) is 5.91 Å². The summed E-state index contributed by atoms with van der Waals surface area (Å²) < 4.78 is 0. The molecule has 2 aromatic carbocycles. The normalized spacial score (nSPS) is 10.2. The Morgan fingerprint density at radius 1 is 0.944 bits per heavy atom. The van der Waals surface area contributed by atoms with Crippen molar-refractivity contribution in [2.45, 2.75) is 13.8 Å². The summed E-state index contributed by atoms with van der Waals surface area (Å²) in [5, 5.41) is 10.7. The van der Waals surface area contributed by atoms with Gasteiger partial charge in [-0.05, 0) is 37.1 Å². The van der Waals surface area contributed by atoms with Crippen LogP contribution in [0.5, 0.6) is 0 Å². The summed E-state index contributed by atoms with van der Waals surface area (Å²) in [6, 6.07) is 14.4. The number of hydrogen-bond donors (Lipinski definition) is 1. The van der Waals surface area contributed by atoms with Crippen LogP contribution in [-0.2, 0) is 0 Å². The highest BCUT2D eigenvalue weighted by Crippen LogP contribution is 2.20. The van der Waals surface area contributed by atoms with Crippen LogP contribution in [0.1, 0.15) is 21.5 Å². The maximum absolute atomic E-state index is 12.2. The fraction of sp³-hybridized carbons (Fsp3) is 0.133. The Kier molecular flexibility index (Phi) is 3.44. The van der Waals surface area contributed by atoms with Crippen LogP contribution in [0.2, 0.25) is 0 Å². The third-order valence-corrected chi connectivity index (χ3v) is 2.91. The molecule has 0 atom stereocenters. The summed E-state index contributed by atoms with van der Waals surface area (Å²) >= 11 is 0. The van der Waals surface area contributed by atoms with Crippen LogP contribution in [0.25, 0.3) is 0 Å². The second-order valence-electron chi connectivity index (χ2n) is 4.22. The molecule has 0 radical (unpaired) electrons. The third-order valence-electron chi connectivity index (χ3n) is 2.91. The number of carbonyl (C=O) groups is 1. The minimum atomic E-state index is -0.414. The average Bonchev–Trinajstić information content (AvgIpc) is 2.38. The van der Waals surface area contributed by atoms with E-state index in [1.807, 2.05) is 38.1 Å². The minimum Gasteiger partial charge on any atom is -0.281 e. The van der Waals surface area contributed by atoms with E-state index in [1.54, 1.807) is 24.3 Å². The SMILES string of the molecule is Cc1ccccc1C(=O)N(O)c1ccccc1C. The van der Waals surface area contributed by atoms with Crippen LogP contribution in [0.3, 0.4) is 0 Å². The van der Waals surface area contributed by atoms with Gasteiger partial charge in [0.15, 0.2) is 0 Å². The molecule has 0 fully saturated rings. The number of benzene rings is 2. The van der Waals surface area contributed by atoms with Crippen LogP contribution in [0.15, 0.2) is 48.5 Å². The van der Waals surface area contributed by atoms with Crippen molar-refractivity contribution in [2.24, 2.45) is 0 Å². The molecule has 0 saturated carbocycles. The number of hydroxylamine groups is 1. The molecule has 18 heavy (non-hydrogen) atoms. The lowest BCUT2D eigenvalue weighted by Crippen LogP contribution is -2.28. The monoisotopic (exact) mass is 241 g/mol. The summed E-state index contributed by atoms with van der Waals surface area (Å²) in [7, 11) is 0. The lowest BCUT2D eigenvalue weighted by atomic mass is 10.1. The van der Waals surface area contributed by atoms with E-state index in [0.717, 1.165) is 11.1 Å². The van der Waals surface area contributed by atoms with Crippen LogP contribution in [-0.4, -0.2) is 11.1 Å². The van der Waals surface area contributed by atoms with E-state index >= 15 is 0 Å². The molecule has 3 nitrogen and oxygen atoms in total. The standard InChI is InChI=1S/C15H15NO2/c1-11-7-3-5-9-13(11)15(17)16(18)14-10-6-4-8-12(14)2/h3-10,18H,1-2H3. The Bertz CT molecular complexity index is 578. The fourth-order valence-electron chi connectivity index (χ4n) is 1.84. The molecule has 0 aliphatic heterocycles. The zero-order chi connectivity index (χ0) is 13.1. The number of carbonyl (C=O) groups excluding carboxylic acids is 1. The molecule has 0 aliphatic rings. The van der Waals surface area contributed by atoms with E-state index < -0.39 is 5.91 Å². The van der Waals surface area contributed by atoms with E-state index in [-0.39, 0.29) is 0 Å². The number of nitrogens with zero attached hydrogens (tertiary/aromatic N) is 1. The molecule has 0 bridgehead atoms. The number of amides is 1. The number of anilines is 1. The highest BCUT2D eigenvalue weighted by molar-refractivity contribution is 6.05. The van der Waals surface area contributed by atoms with Gasteiger partial charge < -0.3 is 0 Å². The summed E-state index contributed by atoms with van der Waals surface area (Å²) in [6.45, 7) is 3.70. The number of para-hydroxylation sites is 1. The topological polar surface area (TPSA) is 40.5 Å². The van der Waals surface area contributed by atoms with Gasteiger partial charge in [-0.25, -0.2) is 0 Å². The smallest absolute Gasteiger partial charge is 0.281 e. The first-order valence-corrected chi connectivity index (χ1v) is 5.76. The minimum absolute atomic E-state index is 0.414. The lowest BCUT2D eigenvalue weighted by Gasteiger charge is -2.18. The van der Waals surface area contributed by atoms with Crippen molar-refractivity contribution in [3.8, 4) is 0 Å². The van der Waals surface area contributed by atoms with E-state index in [0.29, 0.717) is 16.3 Å². The number of rotatable bonds is 2. The van der Waals surface area contributed by atoms with Crippen molar-refractivity contribution in [1.82, 2.24) is 0 Å². The molecular weight excluding hydrogens is 226 g/mol. The Morgan fingerprint density at radius 3 is 2.11 bits per heavy atom. The molecular formula is C15H15NO2. The largest absolute Gasteiger partial charge is 0.282 e. The highest BCUT2D eigenvalue weighted by atomic mass is 16.5. The van der Waals surface area contributed by atoms with Gasteiger partial charge in [-0.2, -0.15) is 5.06 Å². The number of hydrogen-bond acceptors (Lipinski definition) is 2. The van der Waals surface area contributed by atoms with Crippen molar-refractivity contribution in [2.75, 3.05) is 5.06 Å². The van der Waals surface area contributed by atoms with Crippen LogP contribution < -0.4 is 5.06 Å². The van der Waals surface area contributed by atoms with Gasteiger partial charge >= 0.3 is 0 Å². The molecule has 1 N–H and O–H groups in total. The zero-order valence-electron chi connectivity index (χ0n) is 10.4. The first kappa shape index (κ1) is 12.3. The van der Waals surface area contributed by atoms with Gasteiger partial charge in [0.1, 0.15) is 0 Å². The van der Waals surface area contributed by atoms with E-state index in [2.05, 4.69) is 0 Å². The number of aryl methyl sites for hydroxylation is 2. The summed E-state index contributed by atoms with van der Waals surface area (Å²) in [5.41, 5.74) is 2.70. The van der Waals surface area contributed by atoms with Crippen molar-refractivity contribution in [3.05, 3.63) is 65.2 Å². The molecule has 0 aliphatic carbocycles. The molecule has 92 valence electrons. The molecule has 0 unspecified atom stereocenters. The second-order valence-corrected chi connectivity index (χ2v) is 4.22. The average molecular weight is 241 g/mol. The fourth-order valence-corrected chi connectivity index (χ4v) is 1.84. The van der Waals surface area contributed by atoms with Crippen LogP contribution in [0, 0.1) is 13.8 Å². The van der Waals surface area contributed by atoms with Crippen molar-refractivity contribution in [1.29, 1.82) is 0 Å². The summed E-state index contributed by atoms with van der Waals surface area (Å²) in [6.07, 6.45) is 0. The Morgan fingerprint density at radius 2 is 1.50 bits per heavy atom. The Hall–Kier alpha value is -2.13. The predicted octanol–water partition coefficient (Wildman–Crippen LogP) is 3.34. The van der Waals surface area contributed by atoms with Gasteiger partial charge in [-0.3, -0.25) is 10.0 Å². The molecule has 0 saturated heterocycles. The molecule has 2 aromatic rings. The summed E-state index contributed by atoms with van der Waals surface area (Å²) in [4.78, 5) is 12.2. The van der Waals surface area contributed by atoms with Gasteiger partial charge in [0.05, 0.1) is 5.69 Å². The van der Waals surface area contributed by atoms with E-state index in [9.17, 15) is 10.0 Å². The maximum Gasteiger partial charge on any atom is 0.282 e. The quantitative estimate of drug-likeness (QED) is 0.647. The van der Waals surface area contributed by atoms with Crippen LogP contribution in [0.4, 0.5) is 5.69 Å². The van der Waals surface area contributed by atoms with Crippen molar-refractivity contribution in [3.63, 3.8) is 0 Å². The molecule has 1 amide bonds. The maximum atomic E-state index is 12.2. The zero-order valence-corrected chi connectivity index (χ0v) is 10.4. The molecule has 0 heterocycles. The first-order valence-electron chi connectivity index (χ1n) is 5.76. The van der Waals surface area contributed by atoms with E-state index in [4.69, 9.17) is 0 Å². The van der Waals surface area contributed by atoms with Crippen molar-refractivity contribution < 1.29 is 10.0 Å².